The summed E-state index contributed by atoms with van der Waals surface area (Å²) in [6.45, 7) is 3.78. The second kappa shape index (κ2) is 10.1. The normalized spacial score (nSPS) is 29.6. The predicted octanol–water partition coefficient (Wildman–Crippen LogP) is 0.873. The van der Waals surface area contributed by atoms with Gasteiger partial charge in [-0.2, -0.15) is 10.5 Å². The van der Waals surface area contributed by atoms with Crippen LogP contribution in [-0.2, 0) is 6.54 Å². The van der Waals surface area contributed by atoms with Crippen molar-refractivity contribution in [2.24, 2.45) is 11.8 Å². The number of hydrogen-bond acceptors (Lipinski definition) is 6. The molecule has 0 unspecified atom stereocenters. The third-order valence-electron chi connectivity index (χ3n) is 4.70. The monoisotopic (exact) mass is 342 g/mol. The Morgan fingerprint density at radius 1 is 1.04 bits per heavy atom. The Labute approximate surface area is 149 Å². The zero-order valence-electron chi connectivity index (χ0n) is 14.4. The highest BCUT2D eigenvalue weighted by Gasteiger charge is 2.27. The molecule has 0 amide bonds. The first-order chi connectivity index (χ1) is 12.1. The van der Waals surface area contributed by atoms with E-state index >= 15 is 0 Å². The van der Waals surface area contributed by atoms with E-state index in [9.17, 15) is 5.11 Å². The van der Waals surface area contributed by atoms with Crippen molar-refractivity contribution < 1.29 is 10.2 Å². The average molecular weight is 342 g/mol. The number of nitriles is 2. The van der Waals surface area contributed by atoms with Gasteiger partial charge in [0, 0.05) is 19.6 Å². The maximum Gasteiger partial charge on any atom is 0.0825 e. The van der Waals surface area contributed by atoms with Gasteiger partial charge in [0.2, 0.25) is 0 Å². The maximum absolute atomic E-state index is 9.75. The van der Waals surface area contributed by atoms with Crippen molar-refractivity contribution in [2.45, 2.75) is 31.6 Å². The second-order valence-electron chi connectivity index (χ2n) is 6.61. The van der Waals surface area contributed by atoms with E-state index in [-0.39, 0.29) is 11.8 Å². The highest BCUT2D eigenvalue weighted by atomic mass is 16.3. The quantitative estimate of drug-likeness (QED) is 0.737. The molecule has 3 rings (SSSR count). The summed E-state index contributed by atoms with van der Waals surface area (Å²) in [6.07, 6.45) is 0.591. The third kappa shape index (κ3) is 6.12. The van der Waals surface area contributed by atoms with E-state index in [1.807, 2.05) is 18.2 Å². The first-order valence-electron chi connectivity index (χ1n) is 8.76. The van der Waals surface area contributed by atoms with Gasteiger partial charge in [-0.1, -0.05) is 30.3 Å². The minimum absolute atomic E-state index is 0.147. The predicted molar refractivity (Wildman–Crippen MR) is 94.0 cm³/mol. The summed E-state index contributed by atoms with van der Waals surface area (Å²) in [6, 6.07) is 14.4. The number of hydrogen-bond donors (Lipinski definition) is 3. The zero-order valence-corrected chi connectivity index (χ0v) is 14.4. The van der Waals surface area contributed by atoms with Gasteiger partial charge in [0.05, 0.1) is 36.2 Å². The second-order valence-corrected chi connectivity index (χ2v) is 6.61. The molecule has 4 atom stereocenters. The summed E-state index contributed by atoms with van der Waals surface area (Å²) < 4.78 is 0. The SMILES string of the molecule is N#C[C@@H]1CCN(Cc2ccccc2)C[C@@H]1O.N#C[C@@H]1CCNC[C@@H]1O. The van der Waals surface area contributed by atoms with Gasteiger partial charge in [-0.15, -0.1) is 0 Å². The van der Waals surface area contributed by atoms with Gasteiger partial charge >= 0.3 is 0 Å². The summed E-state index contributed by atoms with van der Waals surface area (Å²) in [5.74, 6) is -0.335. The van der Waals surface area contributed by atoms with E-state index in [0.717, 1.165) is 32.5 Å². The number of rotatable bonds is 2. The van der Waals surface area contributed by atoms with Gasteiger partial charge in [0.15, 0.2) is 0 Å². The van der Waals surface area contributed by atoms with Crippen molar-refractivity contribution in [3.63, 3.8) is 0 Å². The molecule has 2 aliphatic heterocycles. The minimum atomic E-state index is -0.498. The third-order valence-corrected chi connectivity index (χ3v) is 4.70. The van der Waals surface area contributed by atoms with E-state index in [4.69, 9.17) is 15.6 Å². The smallest absolute Gasteiger partial charge is 0.0825 e. The molecule has 0 spiro atoms. The topological polar surface area (TPSA) is 103 Å². The number of nitrogens with one attached hydrogen (secondary N) is 1. The van der Waals surface area contributed by atoms with E-state index in [1.165, 1.54) is 5.56 Å². The summed E-state index contributed by atoms with van der Waals surface area (Å²) >= 11 is 0. The molecular formula is C19H26N4O2. The Bertz CT molecular complexity index is 596. The molecule has 2 fully saturated rings. The fraction of sp³-hybridized carbons (Fsp3) is 0.579. The van der Waals surface area contributed by atoms with Crippen LogP contribution in [0.25, 0.3) is 0 Å². The highest BCUT2D eigenvalue weighted by Crippen LogP contribution is 2.18. The Balaban J connectivity index is 0.000000212. The molecule has 0 aliphatic carbocycles. The van der Waals surface area contributed by atoms with Crippen molar-refractivity contribution in [1.82, 2.24) is 10.2 Å². The van der Waals surface area contributed by atoms with Gasteiger partial charge in [-0.3, -0.25) is 4.90 Å². The van der Waals surface area contributed by atoms with E-state index in [0.29, 0.717) is 13.1 Å². The van der Waals surface area contributed by atoms with Crippen molar-refractivity contribution in [1.29, 1.82) is 10.5 Å². The van der Waals surface area contributed by atoms with Crippen molar-refractivity contribution in [3.05, 3.63) is 35.9 Å². The number of β-amino-alcohol motifs (C(OH)–C–C–N with tert-alkyl or cyclic N) is 2. The summed E-state index contributed by atoms with van der Waals surface area (Å²) in [4.78, 5) is 2.20. The van der Waals surface area contributed by atoms with Crippen LogP contribution in [0.15, 0.2) is 30.3 Å². The van der Waals surface area contributed by atoms with E-state index < -0.39 is 12.2 Å². The molecule has 2 aliphatic rings. The standard InChI is InChI=1S/C13H16N2O.C6H10N2O/c14-8-12-6-7-15(10-13(12)16)9-11-4-2-1-3-5-11;7-3-5-1-2-8-4-6(5)9/h1-5,12-13,16H,6-7,9-10H2;5-6,8-9H,1-2,4H2/t12-,13-;5-,6-/m00/s1. The lowest BCUT2D eigenvalue weighted by molar-refractivity contribution is 0.0392. The van der Waals surface area contributed by atoms with Crippen molar-refractivity contribution in [3.8, 4) is 12.1 Å². The number of aliphatic hydroxyl groups excluding tert-OH is 2. The molecule has 6 heteroatoms. The molecule has 6 nitrogen and oxygen atoms in total. The largest absolute Gasteiger partial charge is 0.390 e. The van der Waals surface area contributed by atoms with Crippen LogP contribution >= 0.6 is 0 Å². The van der Waals surface area contributed by atoms with Crippen LogP contribution in [0, 0.1) is 34.5 Å². The summed E-state index contributed by atoms with van der Waals surface area (Å²) in [7, 11) is 0. The average Bonchev–Trinajstić information content (AvgIpc) is 2.64. The number of aliphatic hydroxyl groups is 2. The van der Waals surface area contributed by atoms with Crippen molar-refractivity contribution in [2.75, 3.05) is 26.2 Å². The van der Waals surface area contributed by atoms with Crippen LogP contribution in [0.5, 0.6) is 0 Å². The van der Waals surface area contributed by atoms with Gasteiger partial charge in [-0.05, 0) is 31.5 Å². The molecule has 0 saturated carbocycles. The van der Waals surface area contributed by atoms with Gasteiger partial charge < -0.3 is 15.5 Å². The Kier molecular flexibility index (Phi) is 7.84. The molecule has 2 heterocycles. The first-order valence-corrected chi connectivity index (χ1v) is 8.76. The van der Waals surface area contributed by atoms with Crippen LogP contribution in [0.4, 0.5) is 0 Å². The molecule has 25 heavy (non-hydrogen) atoms. The van der Waals surface area contributed by atoms with Gasteiger partial charge in [-0.25, -0.2) is 0 Å². The van der Waals surface area contributed by atoms with Gasteiger partial charge in [0.25, 0.3) is 0 Å². The molecule has 134 valence electrons. The fourth-order valence-electron chi connectivity index (χ4n) is 3.13. The van der Waals surface area contributed by atoms with Crippen LogP contribution in [-0.4, -0.2) is 53.5 Å². The number of likely N-dealkylation sites (tertiary alicyclic amines) is 1. The molecule has 0 radical (unpaired) electrons. The minimum Gasteiger partial charge on any atom is -0.390 e. The molecule has 0 bridgehead atoms. The molecule has 0 aromatic heterocycles. The number of piperidine rings is 2. The molecular weight excluding hydrogens is 316 g/mol. The lowest BCUT2D eigenvalue weighted by atomic mass is 9.95. The summed E-state index contributed by atoms with van der Waals surface area (Å²) in [5, 5.41) is 39.1. The lowest BCUT2D eigenvalue weighted by Gasteiger charge is -2.32. The Morgan fingerprint density at radius 2 is 1.72 bits per heavy atom. The van der Waals surface area contributed by atoms with E-state index in [2.05, 4.69) is 34.5 Å². The van der Waals surface area contributed by atoms with Crippen molar-refractivity contribution >= 4 is 0 Å². The molecule has 1 aromatic rings. The van der Waals surface area contributed by atoms with E-state index in [1.54, 1.807) is 0 Å². The summed E-state index contributed by atoms with van der Waals surface area (Å²) in [5.41, 5.74) is 1.25. The van der Waals surface area contributed by atoms with Gasteiger partial charge in [0.1, 0.15) is 0 Å². The Hall–Kier alpha value is -1.96. The van der Waals surface area contributed by atoms with Crippen LogP contribution in [0.3, 0.4) is 0 Å². The highest BCUT2D eigenvalue weighted by molar-refractivity contribution is 5.14. The van der Waals surface area contributed by atoms with Crippen LogP contribution in [0.1, 0.15) is 18.4 Å². The maximum atomic E-state index is 9.75. The van der Waals surface area contributed by atoms with Crippen LogP contribution < -0.4 is 5.32 Å². The lowest BCUT2D eigenvalue weighted by Crippen LogP contribution is -2.42. The van der Waals surface area contributed by atoms with Crippen LogP contribution in [0.2, 0.25) is 0 Å². The first kappa shape index (κ1) is 19.4. The fourth-order valence-corrected chi connectivity index (χ4v) is 3.13. The zero-order chi connectivity index (χ0) is 18.1. The molecule has 1 aromatic carbocycles. The molecule has 3 N–H and O–H groups in total. The number of nitrogens with zero attached hydrogens (tertiary/aromatic N) is 3. The molecule has 2 saturated heterocycles. The number of benzene rings is 1. The Morgan fingerprint density at radius 3 is 2.28 bits per heavy atom.